The van der Waals surface area contributed by atoms with Crippen molar-refractivity contribution in [3.05, 3.63) is 54.6 Å². The number of carbonyl (C=O) groups excluding carboxylic acids is 3. The maximum Gasteiger partial charge on any atom is 0.253 e. The molecular weight excluding hydrogens is 550 g/mol. The van der Waals surface area contributed by atoms with Crippen LogP contribution < -0.4 is 4.90 Å². The van der Waals surface area contributed by atoms with Crippen LogP contribution in [-0.2, 0) is 19.1 Å². The van der Waals surface area contributed by atoms with E-state index in [2.05, 4.69) is 29.1 Å². The standard InChI is InChI=1S/C29H38BrN3O5/c1-6-12-31(13-7-2)26(35)21-22-27(36)33(15-16-34)25(29(22)17-20(30)24(21)38-29)28(37)32(14-8-3)23-18(4)10-9-11-19(23)5/h6,8-11,20-22,24-25,34H,1,3,7,12-17H2,2,4-5H3/t20?,21-,22-,24-,25?,29?/m0/s1. The fourth-order valence-corrected chi connectivity index (χ4v) is 7.71. The van der Waals surface area contributed by atoms with Crippen LogP contribution in [0.1, 0.15) is 30.9 Å². The highest BCUT2D eigenvalue weighted by Gasteiger charge is 2.76. The van der Waals surface area contributed by atoms with Gasteiger partial charge in [-0.3, -0.25) is 14.4 Å². The summed E-state index contributed by atoms with van der Waals surface area (Å²) < 4.78 is 6.60. The Kier molecular flexibility index (Phi) is 8.49. The van der Waals surface area contributed by atoms with E-state index < -0.39 is 29.6 Å². The lowest BCUT2D eigenvalue weighted by molar-refractivity contribution is -0.145. The van der Waals surface area contributed by atoms with Crippen LogP contribution in [0.5, 0.6) is 0 Å². The molecule has 3 amide bonds. The molecule has 1 aromatic carbocycles. The Morgan fingerprint density at radius 2 is 1.87 bits per heavy atom. The molecule has 0 aliphatic carbocycles. The number of rotatable bonds is 11. The summed E-state index contributed by atoms with van der Waals surface area (Å²) in [6.07, 6.45) is 4.00. The summed E-state index contributed by atoms with van der Waals surface area (Å²) in [6.45, 7) is 14.4. The topological polar surface area (TPSA) is 90.4 Å². The highest BCUT2D eigenvalue weighted by molar-refractivity contribution is 9.09. The van der Waals surface area contributed by atoms with Crippen LogP contribution in [0.3, 0.4) is 0 Å². The maximum absolute atomic E-state index is 14.5. The monoisotopic (exact) mass is 587 g/mol. The second-order valence-electron chi connectivity index (χ2n) is 10.5. The minimum absolute atomic E-state index is 0.0185. The van der Waals surface area contributed by atoms with Crippen LogP contribution >= 0.6 is 15.9 Å². The molecule has 8 nitrogen and oxygen atoms in total. The first-order chi connectivity index (χ1) is 18.2. The van der Waals surface area contributed by atoms with E-state index in [1.807, 2.05) is 39.0 Å². The smallest absolute Gasteiger partial charge is 0.253 e. The van der Waals surface area contributed by atoms with E-state index in [1.54, 1.807) is 22.0 Å². The summed E-state index contributed by atoms with van der Waals surface area (Å²) >= 11 is 3.72. The number of hydrogen-bond acceptors (Lipinski definition) is 5. The Labute approximate surface area is 233 Å². The van der Waals surface area contributed by atoms with Crippen molar-refractivity contribution in [2.24, 2.45) is 11.8 Å². The quantitative estimate of drug-likeness (QED) is 0.317. The zero-order valence-corrected chi connectivity index (χ0v) is 24.0. The van der Waals surface area contributed by atoms with Gasteiger partial charge in [0.1, 0.15) is 11.6 Å². The Bertz CT molecular complexity index is 1110. The zero-order valence-electron chi connectivity index (χ0n) is 22.4. The summed E-state index contributed by atoms with van der Waals surface area (Å²) in [7, 11) is 0. The Morgan fingerprint density at radius 1 is 1.21 bits per heavy atom. The number of ether oxygens (including phenoxy) is 1. The number of aryl methyl sites for hydroxylation is 2. The highest BCUT2D eigenvalue weighted by Crippen LogP contribution is 2.60. The van der Waals surface area contributed by atoms with Crippen molar-refractivity contribution >= 4 is 39.3 Å². The van der Waals surface area contributed by atoms with Crippen molar-refractivity contribution in [2.75, 3.05) is 37.7 Å². The number of para-hydroxylation sites is 1. The molecule has 0 aromatic heterocycles. The first-order valence-electron chi connectivity index (χ1n) is 13.3. The molecule has 1 spiro atoms. The number of carbonyl (C=O) groups is 3. The molecule has 3 heterocycles. The van der Waals surface area contributed by atoms with E-state index in [0.29, 0.717) is 19.5 Å². The molecule has 9 heteroatoms. The van der Waals surface area contributed by atoms with Crippen molar-refractivity contribution < 1.29 is 24.2 Å². The molecule has 3 fully saturated rings. The van der Waals surface area contributed by atoms with Gasteiger partial charge in [-0.05, 0) is 37.8 Å². The highest BCUT2D eigenvalue weighted by atomic mass is 79.9. The first-order valence-corrected chi connectivity index (χ1v) is 14.2. The van der Waals surface area contributed by atoms with Crippen molar-refractivity contribution in [1.29, 1.82) is 0 Å². The van der Waals surface area contributed by atoms with Crippen molar-refractivity contribution in [2.45, 2.75) is 56.2 Å². The van der Waals surface area contributed by atoms with Gasteiger partial charge in [-0.2, -0.15) is 0 Å². The molecule has 1 N–H and O–H groups in total. The van der Waals surface area contributed by atoms with E-state index in [1.165, 1.54) is 4.90 Å². The van der Waals surface area contributed by atoms with Gasteiger partial charge in [-0.25, -0.2) is 0 Å². The molecule has 3 saturated heterocycles. The van der Waals surface area contributed by atoms with Crippen LogP contribution in [0.4, 0.5) is 5.69 Å². The van der Waals surface area contributed by atoms with Gasteiger partial charge in [0.25, 0.3) is 5.91 Å². The number of fused-ring (bicyclic) bond motifs is 1. The molecule has 6 atom stereocenters. The van der Waals surface area contributed by atoms with Gasteiger partial charge in [0.05, 0.1) is 24.5 Å². The number of β-amino-alcohol motifs (C(OH)–C–C–N with tert-alkyl or cyclic N) is 1. The Hall–Kier alpha value is -2.49. The van der Waals surface area contributed by atoms with Gasteiger partial charge in [-0.15, -0.1) is 13.2 Å². The fourth-order valence-electron chi connectivity index (χ4n) is 6.77. The molecule has 3 aliphatic heterocycles. The van der Waals surface area contributed by atoms with Crippen molar-refractivity contribution in [3.8, 4) is 0 Å². The summed E-state index contributed by atoms with van der Waals surface area (Å²) in [5.41, 5.74) is 1.44. The number of halogens is 1. The molecule has 1 aromatic rings. The van der Waals surface area contributed by atoms with Crippen LogP contribution in [0, 0.1) is 25.7 Å². The fraction of sp³-hybridized carbons (Fsp3) is 0.552. The molecule has 206 valence electrons. The van der Waals surface area contributed by atoms with Crippen molar-refractivity contribution in [3.63, 3.8) is 0 Å². The van der Waals surface area contributed by atoms with E-state index >= 15 is 0 Å². The minimum atomic E-state index is -1.18. The lowest BCUT2D eigenvalue weighted by Gasteiger charge is -2.38. The number of hydrogen-bond donors (Lipinski definition) is 1. The maximum atomic E-state index is 14.5. The third-order valence-corrected chi connectivity index (χ3v) is 8.94. The number of aliphatic hydroxyl groups excluding tert-OH is 1. The van der Waals surface area contributed by atoms with Crippen molar-refractivity contribution in [1.82, 2.24) is 9.80 Å². The number of benzene rings is 1. The normalized spacial score (nSPS) is 29.3. The largest absolute Gasteiger partial charge is 0.395 e. The summed E-state index contributed by atoms with van der Waals surface area (Å²) in [5.74, 6) is -2.29. The lowest BCUT2D eigenvalue weighted by Crippen LogP contribution is -2.57. The van der Waals surface area contributed by atoms with E-state index in [0.717, 1.165) is 23.2 Å². The zero-order chi connectivity index (χ0) is 27.8. The molecule has 2 bridgehead atoms. The number of alkyl halides is 1. The van der Waals surface area contributed by atoms with Crippen LogP contribution in [0.15, 0.2) is 43.5 Å². The van der Waals surface area contributed by atoms with Crippen LogP contribution in [0.25, 0.3) is 0 Å². The summed E-state index contributed by atoms with van der Waals surface area (Å²) in [5, 5.41) is 9.91. The summed E-state index contributed by atoms with van der Waals surface area (Å²) in [4.78, 5) is 47.1. The minimum Gasteiger partial charge on any atom is -0.395 e. The number of nitrogens with zero attached hydrogens (tertiary/aromatic N) is 3. The second kappa shape index (κ2) is 11.3. The number of aliphatic hydroxyl groups is 1. The Morgan fingerprint density at radius 3 is 2.45 bits per heavy atom. The number of likely N-dealkylation sites (tertiary alicyclic amines) is 1. The number of anilines is 1. The molecule has 3 aliphatic rings. The lowest BCUT2D eigenvalue weighted by atomic mass is 9.70. The van der Waals surface area contributed by atoms with E-state index in [-0.39, 0.29) is 42.2 Å². The molecule has 38 heavy (non-hydrogen) atoms. The molecular formula is C29H38BrN3O5. The van der Waals surface area contributed by atoms with Crippen LogP contribution in [-0.4, -0.2) is 88.0 Å². The Balaban J connectivity index is 1.81. The van der Waals surface area contributed by atoms with Gasteiger partial charge in [0.2, 0.25) is 11.8 Å². The molecule has 0 radical (unpaired) electrons. The van der Waals surface area contributed by atoms with E-state index in [4.69, 9.17) is 4.74 Å². The SMILES string of the molecule is C=CCN(CCC)C(=O)[C@H]1[C@H]2C(=O)N(CCO)C(C(=O)N(CC=C)c3c(C)cccc3C)C23CC(Br)[C@@H]1O3. The average Bonchev–Trinajstić information content (AvgIpc) is 3.46. The molecule has 0 saturated carbocycles. The third kappa shape index (κ3) is 4.42. The van der Waals surface area contributed by atoms with Gasteiger partial charge in [0.15, 0.2) is 0 Å². The predicted molar refractivity (Wildman–Crippen MR) is 150 cm³/mol. The van der Waals surface area contributed by atoms with Gasteiger partial charge in [-0.1, -0.05) is 53.2 Å². The molecule has 4 rings (SSSR count). The van der Waals surface area contributed by atoms with E-state index in [9.17, 15) is 19.5 Å². The second-order valence-corrected chi connectivity index (χ2v) is 11.6. The third-order valence-electron chi connectivity index (χ3n) is 8.09. The number of amides is 3. The molecule has 3 unspecified atom stereocenters. The average molecular weight is 589 g/mol. The van der Waals surface area contributed by atoms with Gasteiger partial charge in [0, 0.05) is 36.7 Å². The van der Waals surface area contributed by atoms with Gasteiger partial charge >= 0.3 is 0 Å². The van der Waals surface area contributed by atoms with Crippen LogP contribution in [0.2, 0.25) is 0 Å². The first kappa shape index (κ1) is 28.5. The predicted octanol–water partition coefficient (Wildman–Crippen LogP) is 2.99. The summed E-state index contributed by atoms with van der Waals surface area (Å²) in [6, 6.07) is 4.85. The van der Waals surface area contributed by atoms with Gasteiger partial charge < -0.3 is 24.5 Å².